The van der Waals surface area contributed by atoms with Gasteiger partial charge in [-0.05, 0) is 28.7 Å². The Kier molecular flexibility index (Phi) is 4.56. The largest absolute Gasteiger partial charge is 0.368 e. The monoisotopic (exact) mass is 416 g/mol. The number of imidazole rings is 1. The normalized spacial score (nSPS) is 15.5. The van der Waals surface area contributed by atoms with E-state index < -0.39 is 4.92 Å². The first kappa shape index (κ1) is 16.9. The van der Waals surface area contributed by atoms with Crippen molar-refractivity contribution in [1.29, 1.82) is 0 Å². The van der Waals surface area contributed by atoms with Crippen molar-refractivity contribution in [2.45, 2.75) is 6.54 Å². The summed E-state index contributed by atoms with van der Waals surface area (Å²) < 4.78 is 2.38. The quantitative estimate of drug-likeness (QED) is 0.480. The third-order valence-electron chi connectivity index (χ3n) is 4.53. The van der Waals surface area contributed by atoms with Crippen LogP contribution in [0.2, 0.25) is 0 Å². The van der Waals surface area contributed by atoms with Gasteiger partial charge in [-0.2, -0.15) is 0 Å². The van der Waals surface area contributed by atoms with Crippen molar-refractivity contribution in [2.24, 2.45) is 0 Å². The molecule has 1 fully saturated rings. The summed E-state index contributed by atoms with van der Waals surface area (Å²) in [6.45, 7) is 4.42. The lowest BCUT2D eigenvalue weighted by Crippen LogP contribution is -2.46. The van der Waals surface area contributed by atoms with Crippen molar-refractivity contribution in [1.82, 2.24) is 19.5 Å². The molecular formula is C17H17BrN6O2. The highest BCUT2D eigenvalue weighted by molar-refractivity contribution is 9.10. The standard InChI is InChI=1S/C17H17BrN6O2/c18-14-3-1-13(2-4-14)12-21-7-9-22(10-8-21)16-6-5-15-19-11-17(24(25)26)23(15)20-16/h1-6,11H,7-10,12H2. The topological polar surface area (TPSA) is 79.8 Å². The average Bonchev–Trinajstić information content (AvgIpc) is 3.08. The van der Waals surface area contributed by atoms with Crippen LogP contribution in [0.15, 0.2) is 47.1 Å². The number of piperazine rings is 1. The van der Waals surface area contributed by atoms with Gasteiger partial charge in [0.25, 0.3) is 0 Å². The fraction of sp³-hybridized carbons (Fsp3) is 0.294. The molecule has 0 amide bonds. The maximum absolute atomic E-state index is 11.1. The van der Waals surface area contributed by atoms with E-state index in [0.717, 1.165) is 43.0 Å². The molecule has 2 aromatic heterocycles. The van der Waals surface area contributed by atoms with Gasteiger partial charge in [-0.3, -0.25) is 4.90 Å². The molecule has 1 aliphatic heterocycles. The van der Waals surface area contributed by atoms with Crippen LogP contribution in [0.3, 0.4) is 0 Å². The predicted octanol–water partition coefficient (Wildman–Crippen LogP) is 2.72. The average molecular weight is 417 g/mol. The molecule has 1 saturated heterocycles. The lowest BCUT2D eigenvalue weighted by atomic mass is 10.2. The molecule has 4 rings (SSSR count). The van der Waals surface area contributed by atoms with Gasteiger partial charge >= 0.3 is 5.82 Å². The molecule has 3 aromatic rings. The lowest BCUT2D eigenvalue weighted by Gasteiger charge is -2.34. The Morgan fingerprint density at radius 1 is 1.08 bits per heavy atom. The van der Waals surface area contributed by atoms with Gasteiger partial charge < -0.3 is 15.0 Å². The van der Waals surface area contributed by atoms with Crippen LogP contribution >= 0.6 is 15.9 Å². The van der Waals surface area contributed by atoms with Gasteiger partial charge in [0.2, 0.25) is 5.65 Å². The number of fused-ring (bicyclic) bond motifs is 1. The maximum Gasteiger partial charge on any atom is 0.368 e. The van der Waals surface area contributed by atoms with Crippen LogP contribution in [0.4, 0.5) is 11.6 Å². The first-order valence-electron chi connectivity index (χ1n) is 8.31. The Morgan fingerprint density at radius 2 is 1.81 bits per heavy atom. The van der Waals surface area contributed by atoms with E-state index in [2.05, 4.69) is 60.1 Å². The van der Waals surface area contributed by atoms with Gasteiger partial charge in [-0.25, -0.2) is 4.98 Å². The molecule has 0 N–H and O–H groups in total. The maximum atomic E-state index is 11.1. The van der Waals surface area contributed by atoms with Crippen LogP contribution in [0.1, 0.15) is 5.56 Å². The lowest BCUT2D eigenvalue weighted by molar-refractivity contribution is -0.391. The number of hydrogen-bond acceptors (Lipinski definition) is 6. The molecule has 0 atom stereocenters. The number of nitro groups is 1. The Hall–Kier alpha value is -2.52. The summed E-state index contributed by atoms with van der Waals surface area (Å²) in [5.41, 5.74) is 1.77. The zero-order chi connectivity index (χ0) is 18.1. The summed E-state index contributed by atoms with van der Waals surface area (Å²) in [6, 6.07) is 12.0. The number of halogens is 1. The number of anilines is 1. The molecule has 0 unspecified atom stereocenters. The van der Waals surface area contributed by atoms with E-state index in [-0.39, 0.29) is 5.82 Å². The highest BCUT2D eigenvalue weighted by Gasteiger charge is 2.22. The summed E-state index contributed by atoms with van der Waals surface area (Å²) >= 11 is 3.46. The van der Waals surface area contributed by atoms with Crippen LogP contribution < -0.4 is 4.90 Å². The van der Waals surface area contributed by atoms with Crippen LogP contribution in [0.5, 0.6) is 0 Å². The fourth-order valence-electron chi connectivity index (χ4n) is 3.13. The van der Waals surface area contributed by atoms with Gasteiger partial charge in [-0.1, -0.05) is 37.7 Å². The van der Waals surface area contributed by atoms with Crippen LogP contribution in [0.25, 0.3) is 5.65 Å². The van der Waals surface area contributed by atoms with E-state index in [1.165, 1.54) is 16.3 Å². The number of rotatable bonds is 4. The van der Waals surface area contributed by atoms with Crippen molar-refractivity contribution >= 4 is 33.2 Å². The summed E-state index contributed by atoms with van der Waals surface area (Å²) in [6.07, 6.45) is 1.24. The van der Waals surface area contributed by atoms with E-state index in [9.17, 15) is 10.1 Å². The van der Waals surface area contributed by atoms with Crippen molar-refractivity contribution in [3.05, 3.63) is 62.7 Å². The van der Waals surface area contributed by atoms with Crippen molar-refractivity contribution in [2.75, 3.05) is 31.1 Å². The second-order valence-electron chi connectivity index (χ2n) is 6.22. The minimum atomic E-state index is -0.465. The molecule has 0 aliphatic carbocycles. The van der Waals surface area contributed by atoms with Crippen molar-refractivity contribution in [3.8, 4) is 0 Å². The van der Waals surface area contributed by atoms with Gasteiger partial charge in [0.1, 0.15) is 6.20 Å². The molecule has 1 aromatic carbocycles. The molecule has 1 aliphatic rings. The molecule has 0 spiro atoms. The van der Waals surface area contributed by atoms with Gasteiger partial charge in [0, 0.05) is 43.3 Å². The van der Waals surface area contributed by atoms with Crippen molar-refractivity contribution in [3.63, 3.8) is 0 Å². The Bertz CT molecular complexity index is 934. The molecule has 8 nitrogen and oxygen atoms in total. The summed E-state index contributed by atoms with van der Waals surface area (Å²) in [5.74, 6) is 0.623. The molecule has 0 saturated carbocycles. The molecule has 134 valence electrons. The molecular weight excluding hydrogens is 400 g/mol. The first-order chi connectivity index (χ1) is 12.6. The highest BCUT2D eigenvalue weighted by atomic mass is 79.9. The molecule has 0 radical (unpaired) electrons. The molecule has 3 heterocycles. The third-order valence-corrected chi connectivity index (χ3v) is 5.06. The number of nitrogens with zero attached hydrogens (tertiary/aromatic N) is 6. The Labute approximate surface area is 158 Å². The van der Waals surface area contributed by atoms with Crippen LogP contribution in [-0.4, -0.2) is 50.6 Å². The van der Waals surface area contributed by atoms with Crippen molar-refractivity contribution < 1.29 is 4.92 Å². The molecule has 26 heavy (non-hydrogen) atoms. The minimum Gasteiger partial charge on any atom is -0.358 e. The first-order valence-corrected chi connectivity index (χ1v) is 9.10. The second-order valence-corrected chi connectivity index (χ2v) is 7.14. The van der Waals surface area contributed by atoms with Gasteiger partial charge in [-0.15, -0.1) is 0 Å². The van der Waals surface area contributed by atoms with E-state index in [1.807, 2.05) is 6.07 Å². The van der Waals surface area contributed by atoms with E-state index in [4.69, 9.17) is 0 Å². The summed E-state index contributed by atoms with van der Waals surface area (Å²) in [5, 5.41) is 15.5. The smallest absolute Gasteiger partial charge is 0.358 e. The zero-order valence-corrected chi connectivity index (χ0v) is 15.5. The van der Waals surface area contributed by atoms with E-state index in [0.29, 0.717) is 5.65 Å². The molecule has 0 bridgehead atoms. The zero-order valence-electron chi connectivity index (χ0n) is 14.0. The fourth-order valence-corrected chi connectivity index (χ4v) is 3.39. The number of benzene rings is 1. The van der Waals surface area contributed by atoms with Crippen LogP contribution in [-0.2, 0) is 6.54 Å². The van der Waals surface area contributed by atoms with E-state index in [1.54, 1.807) is 6.07 Å². The number of hydrogen-bond donors (Lipinski definition) is 0. The predicted molar refractivity (Wildman–Crippen MR) is 101 cm³/mol. The van der Waals surface area contributed by atoms with Gasteiger partial charge in [0.05, 0.1) is 0 Å². The van der Waals surface area contributed by atoms with Gasteiger partial charge in [0.15, 0.2) is 5.82 Å². The summed E-state index contributed by atoms with van der Waals surface area (Å²) in [4.78, 5) is 19.2. The summed E-state index contributed by atoms with van der Waals surface area (Å²) in [7, 11) is 0. The third kappa shape index (κ3) is 3.40. The van der Waals surface area contributed by atoms with Crippen LogP contribution in [0, 0.1) is 10.1 Å². The minimum absolute atomic E-state index is 0.115. The SMILES string of the molecule is O=[N+]([O-])c1cnc2ccc(N3CCN(Cc4ccc(Br)cc4)CC3)nn12. The second kappa shape index (κ2) is 7.00. The Balaban J connectivity index is 1.44. The molecule has 9 heteroatoms. The highest BCUT2D eigenvalue weighted by Crippen LogP contribution is 2.19. The number of aromatic nitrogens is 3. The van der Waals surface area contributed by atoms with E-state index >= 15 is 0 Å². The Morgan fingerprint density at radius 3 is 2.50 bits per heavy atom.